The molecule has 0 unspecified atom stereocenters. The number of benzene rings is 1. The smallest absolute Gasteiger partial charge is 0.293 e. The summed E-state index contributed by atoms with van der Waals surface area (Å²) >= 11 is 0. The Morgan fingerprint density at radius 1 is 1.12 bits per heavy atom. The third-order valence-corrected chi connectivity index (χ3v) is 7.44. The van der Waals surface area contributed by atoms with Crippen LogP contribution in [-0.4, -0.2) is 77.7 Å². The van der Waals surface area contributed by atoms with E-state index in [0.29, 0.717) is 37.6 Å². The molecule has 1 aromatic carbocycles. The Hall–Kier alpha value is -3.12. The normalized spacial score (nSPS) is 14.6. The molecule has 1 amide bonds. The van der Waals surface area contributed by atoms with E-state index in [4.69, 9.17) is 0 Å². The van der Waals surface area contributed by atoms with E-state index in [1.54, 1.807) is 30.6 Å². The SMILES string of the molecule is CCN(CC)S(=O)(=O)c1ccc(N2CCN(C(=O)c3cnc(C)cn3)CC2)c([N+](=O)[O-])c1. The van der Waals surface area contributed by atoms with E-state index < -0.39 is 14.9 Å². The summed E-state index contributed by atoms with van der Waals surface area (Å²) in [4.78, 5) is 35.3. The maximum absolute atomic E-state index is 12.8. The molecule has 172 valence electrons. The fraction of sp³-hybridized carbons (Fsp3) is 0.450. The number of amides is 1. The van der Waals surface area contributed by atoms with Gasteiger partial charge in [-0.3, -0.25) is 19.9 Å². The molecule has 3 rings (SSSR count). The first kappa shape index (κ1) is 23.5. The number of hydrogen-bond donors (Lipinski definition) is 0. The van der Waals surface area contributed by atoms with E-state index in [1.165, 1.54) is 28.8 Å². The molecular weight excluding hydrogens is 436 g/mol. The molecule has 1 aliphatic heterocycles. The zero-order valence-electron chi connectivity index (χ0n) is 18.3. The summed E-state index contributed by atoms with van der Waals surface area (Å²) in [6, 6.07) is 3.98. The Bertz CT molecular complexity index is 1090. The molecular formula is C20H26N6O5S. The van der Waals surface area contributed by atoms with E-state index in [9.17, 15) is 23.3 Å². The fourth-order valence-electron chi connectivity index (χ4n) is 3.61. The van der Waals surface area contributed by atoms with Gasteiger partial charge >= 0.3 is 0 Å². The Kier molecular flexibility index (Phi) is 7.04. The molecule has 1 saturated heterocycles. The van der Waals surface area contributed by atoms with Gasteiger partial charge in [-0.15, -0.1) is 0 Å². The number of piperazine rings is 1. The van der Waals surface area contributed by atoms with Gasteiger partial charge in [0.2, 0.25) is 10.0 Å². The van der Waals surface area contributed by atoms with Crippen LogP contribution in [0.1, 0.15) is 30.0 Å². The zero-order chi connectivity index (χ0) is 23.5. The Morgan fingerprint density at radius 2 is 1.78 bits per heavy atom. The average molecular weight is 463 g/mol. The minimum Gasteiger partial charge on any atom is -0.362 e. The molecule has 11 nitrogen and oxygen atoms in total. The number of carbonyl (C=O) groups is 1. The fourth-order valence-corrected chi connectivity index (χ4v) is 5.08. The van der Waals surface area contributed by atoms with Crippen LogP contribution in [-0.2, 0) is 10.0 Å². The first-order chi connectivity index (χ1) is 15.2. The van der Waals surface area contributed by atoms with E-state index in [-0.39, 0.29) is 35.3 Å². The number of carbonyl (C=O) groups excluding carboxylic acids is 1. The number of hydrogen-bond acceptors (Lipinski definition) is 8. The molecule has 0 atom stereocenters. The second-order valence-corrected chi connectivity index (χ2v) is 9.26. The van der Waals surface area contributed by atoms with Crippen molar-refractivity contribution in [2.75, 3.05) is 44.2 Å². The van der Waals surface area contributed by atoms with Crippen molar-refractivity contribution in [2.24, 2.45) is 0 Å². The molecule has 0 spiro atoms. The lowest BCUT2D eigenvalue weighted by Gasteiger charge is -2.35. The molecule has 1 aliphatic rings. The van der Waals surface area contributed by atoms with Gasteiger partial charge in [0.1, 0.15) is 11.4 Å². The average Bonchev–Trinajstić information content (AvgIpc) is 2.79. The van der Waals surface area contributed by atoms with Crippen LogP contribution >= 0.6 is 0 Å². The lowest BCUT2D eigenvalue weighted by molar-refractivity contribution is -0.384. The van der Waals surface area contributed by atoms with Crippen molar-refractivity contribution in [3.8, 4) is 0 Å². The van der Waals surface area contributed by atoms with Crippen LogP contribution in [0.25, 0.3) is 0 Å². The molecule has 0 bridgehead atoms. The number of anilines is 1. The summed E-state index contributed by atoms with van der Waals surface area (Å²) in [5, 5.41) is 11.7. The van der Waals surface area contributed by atoms with Crippen molar-refractivity contribution in [3.63, 3.8) is 0 Å². The van der Waals surface area contributed by atoms with Crippen LogP contribution in [0.4, 0.5) is 11.4 Å². The third-order valence-electron chi connectivity index (χ3n) is 5.39. The molecule has 32 heavy (non-hydrogen) atoms. The minimum absolute atomic E-state index is 0.108. The highest BCUT2D eigenvalue weighted by Crippen LogP contribution is 2.32. The number of nitro benzene ring substituents is 1. The van der Waals surface area contributed by atoms with Crippen LogP contribution in [0.2, 0.25) is 0 Å². The zero-order valence-corrected chi connectivity index (χ0v) is 19.1. The molecule has 0 radical (unpaired) electrons. The maximum atomic E-state index is 12.8. The molecule has 0 aliphatic carbocycles. The number of sulfonamides is 1. The van der Waals surface area contributed by atoms with Crippen molar-refractivity contribution in [3.05, 3.63) is 52.1 Å². The van der Waals surface area contributed by atoms with Gasteiger partial charge in [-0.2, -0.15) is 4.31 Å². The summed E-state index contributed by atoms with van der Waals surface area (Å²) < 4.78 is 26.8. The van der Waals surface area contributed by atoms with Crippen LogP contribution < -0.4 is 4.90 Å². The summed E-state index contributed by atoms with van der Waals surface area (Å²) in [5.41, 5.74) is 1.02. The van der Waals surface area contributed by atoms with Crippen LogP contribution in [0, 0.1) is 17.0 Å². The minimum atomic E-state index is -3.81. The van der Waals surface area contributed by atoms with Crippen molar-refractivity contribution in [2.45, 2.75) is 25.7 Å². The van der Waals surface area contributed by atoms with Gasteiger partial charge in [0.15, 0.2) is 0 Å². The number of nitro groups is 1. The number of aromatic nitrogens is 2. The largest absolute Gasteiger partial charge is 0.362 e. The predicted molar refractivity (Wildman–Crippen MR) is 118 cm³/mol. The number of aryl methyl sites for hydroxylation is 1. The highest BCUT2D eigenvalue weighted by molar-refractivity contribution is 7.89. The molecule has 1 aromatic heterocycles. The third kappa shape index (κ3) is 4.70. The first-order valence-corrected chi connectivity index (χ1v) is 11.7. The molecule has 2 aromatic rings. The van der Waals surface area contributed by atoms with Gasteiger partial charge in [0.05, 0.1) is 21.7 Å². The number of rotatable bonds is 7. The molecule has 1 fully saturated rings. The highest BCUT2D eigenvalue weighted by Gasteiger charge is 2.30. The Morgan fingerprint density at radius 3 is 2.31 bits per heavy atom. The highest BCUT2D eigenvalue weighted by atomic mass is 32.2. The lowest BCUT2D eigenvalue weighted by atomic mass is 10.2. The van der Waals surface area contributed by atoms with Crippen molar-refractivity contribution in [1.82, 2.24) is 19.2 Å². The predicted octanol–water partition coefficient (Wildman–Crippen LogP) is 1.69. The van der Waals surface area contributed by atoms with Crippen molar-refractivity contribution in [1.29, 1.82) is 0 Å². The quantitative estimate of drug-likeness (QED) is 0.449. The second-order valence-electron chi connectivity index (χ2n) is 7.32. The van der Waals surface area contributed by atoms with Crippen LogP contribution in [0.3, 0.4) is 0 Å². The monoisotopic (exact) mass is 462 g/mol. The Labute approximate surface area is 186 Å². The van der Waals surface area contributed by atoms with Crippen molar-refractivity contribution >= 4 is 27.3 Å². The van der Waals surface area contributed by atoms with Crippen LogP contribution in [0.5, 0.6) is 0 Å². The topological polar surface area (TPSA) is 130 Å². The summed E-state index contributed by atoms with van der Waals surface area (Å²) in [5.74, 6) is -0.243. The van der Waals surface area contributed by atoms with E-state index in [2.05, 4.69) is 9.97 Å². The standard InChI is InChI=1S/C20H26N6O5S/c1-4-25(5-2)32(30,31)16-6-7-18(19(12-16)26(28)29)23-8-10-24(11-9-23)20(27)17-14-21-15(3)13-22-17/h6-7,12-14H,4-5,8-11H2,1-3H3. The lowest BCUT2D eigenvalue weighted by Crippen LogP contribution is -2.49. The van der Waals surface area contributed by atoms with Gasteiger partial charge in [-0.25, -0.2) is 13.4 Å². The summed E-state index contributed by atoms with van der Waals surface area (Å²) in [6.07, 6.45) is 2.96. The van der Waals surface area contributed by atoms with Gasteiger partial charge in [0.25, 0.3) is 11.6 Å². The molecule has 12 heteroatoms. The maximum Gasteiger partial charge on any atom is 0.293 e. The molecule has 0 N–H and O–H groups in total. The van der Waals surface area contributed by atoms with Crippen LogP contribution in [0.15, 0.2) is 35.5 Å². The molecule has 0 saturated carbocycles. The van der Waals surface area contributed by atoms with Gasteiger partial charge in [-0.05, 0) is 19.1 Å². The van der Waals surface area contributed by atoms with Gasteiger partial charge in [-0.1, -0.05) is 13.8 Å². The van der Waals surface area contributed by atoms with E-state index >= 15 is 0 Å². The Balaban J connectivity index is 1.79. The number of nitrogens with zero attached hydrogens (tertiary/aromatic N) is 6. The van der Waals surface area contributed by atoms with Crippen molar-refractivity contribution < 1.29 is 18.1 Å². The van der Waals surface area contributed by atoms with Gasteiger partial charge in [0, 0.05) is 51.5 Å². The summed E-state index contributed by atoms with van der Waals surface area (Å²) in [7, 11) is -3.81. The molecule has 2 heterocycles. The first-order valence-electron chi connectivity index (χ1n) is 10.3. The van der Waals surface area contributed by atoms with E-state index in [0.717, 1.165) is 6.07 Å². The van der Waals surface area contributed by atoms with E-state index in [1.807, 2.05) is 0 Å². The van der Waals surface area contributed by atoms with Gasteiger partial charge < -0.3 is 9.80 Å². The summed E-state index contributed by atoms with van der Waals surface area (Å²) in [6.45, 7) is 7.20. The second kappa shape index (κ2) is 9.57.